The average molecular weight is 438 g/mol. The predicted octanol–water partition coefficient (Wildman–Crippen LogP) is 1.23. The van der Waals surface area contributed by atoms with Crippen molar-refractivity contribution < 1.29 is 23.1 Å². The fourth-order valence-electron chi connectivity index (χ4n) is 2.97. The number of amides is 1. The number of hydrogen-bond donors (Lipinski definition) is 4. The zero-order chi connectivity index (χ0) is 22.8. The lowest BCUT2D eigenvalue weighted by molar-refractivity contribution is 0.0685. The highest BCUT2D eigenvalue weighted by atomic mass is 32.2. The smallest absolute Gasteiger partial charge is 0.352 e. The van der Waals surface area contributed by atoms with Gasteiger partial charge in [0.05, 0.1) is 22.7 Å². The highest BCUT2D eigenvalue weighted by Gasteiger charge is 2.15. The SMILES string of the molecule is NC(=O)c1cc(C#CCn2cccc2C(=O)O)cc(-c2ccc(S(N)(=O)=O)cc2)c1N. The number of benzene rings is 2. The Morgan fingerprint density at radius 3 is 2.35 bits per heavy atom. The van der Waals surface area contributed by atoms with Gasteiger partial charge < -0.3 is 21.1 Å². The second-order valence-electron chi connectivity index (χ2n) is 6.55. The Hall–Kier alpha value is -4.07. The number of nitrogens with zero attached hydrogens (tertiary/aromatic N) is 1. The van der Waals surface area contributed by atoms with E-state index in [1.54, 1.807) is 18.3 Å². The van der Waals surface area contributed by atoms with Gasteiger partial charge in [0, 0.05) is 17.3 Å². The molecule has 0 saturated carbocycles. The molecular weight excluding hydrogens is 420 g/mol. The minimum absolute atomic E-state index is 0.0597. The third kappa shape index (κ3) is 4.75. The summed E-state index contributed by atoms with van der Waals surface area (Å²) in [4.78, 5) is 23.0. The van der Waals surface area contributed by atoms with Gasteiger partial charge in [-0.15, -0.1) is 0 Å². The van der Waals surface area contributed by atoms with Gasteiger partial charge in [0.25, 0.3) is 5.91 Å². The van der Waals surface area contributed by atoms with Gasteiger partial charge in [0.15, 0.2) is 0 Å². The summed E-state index contributed by atoms with van der Waals surface area (Å²) in [7, 11) is -3.86. The number of primary sulfonamides is 1. The van der Waals surface area contributed by atoms with Crippen LogP contribution in [0.5, 0.6) is 0 Å². The van der Waals surface area contributed by atoms with E-state index in [1.165, 1.54) is 41.0 Å². The monoisotopic (exact) mass is 438 g/mol. The normalized spacial score (nSPS) is 10.9. The lowest BCUT2D eigenvalue weighted by atomic mass is 9.97. The molecule has 0 saturated heterocycles. The molecule has 3 aromatic rings. The number of carboxylic acid groups (broad SMARTS) is 1. The van der Waals surface area contributed by atoms with E-state index in [-0.39, 0.29) is 28.4 Å². The lowest BCUT2D eigenvalue weighted by Crippen LogP contribution is -2.14. The van der Waals surface area contributed by atoms with Crippen molar-refractivity contribution in [3.8, 4) is 23.0 Å². The Labute approximate surface area is 178 Å². The Balaban J connectivity index is 2.02. The van der Waals surface area contributed by atoms with Crippen molar-refractivity contribution in [2.45, 2.75) is 11.4 Å². The maximum absolute atomic E-state index is 11.9. The average Bonchev–Trinajstić information content (AvgIpc) is 3.17. The van der Waals surface area contributed by atoms with E-state index < -0.39 is 21.9 Å². The van der Waals surface area contributed by atoms with Gasteiger partial charge in [-0.1, -0.05) is 24.0 Å². The van der Waals surface area contributed by atoms with Crippen LogP contribution in [0.2, 0.25) is 0 Å². The number of primary amides is 1. The Kier molecular flexibility index (Phi) is 5.83. The fourth-order valence-corrected chi connectivity index (χ4v) is 3.48. The van der Waals surface area contributed by atoms with Crippen molar-refractivity contribution in [2.24, 2.45) is 10.9 Å². The molecule has 31 heavy (non-hydrogen) atoms. The van der Waals surface area contributed by atoms with Gasteiger partial charge in [-0.2, -0.15) is 0 Å². The molecule has 0 atom stereocenters. The first-order chi connectivity index (χ1) is 14.6. The van der Waals surface area contributed by atoms with Crippen LogP contribution in [0, 0.1) is 11.8 Å². The van der Waals surface area contributed by atoms with Crippen molar-refractivity contribution in [1.82, 2.24) is 4.57 Å². The first-order valence-corrected chi connectivity index (χ1v) is 10.4. The number of hydrogen-bond acceptors (Lipinski definition) is 5. The summed E-state index contributed by atoms with van der Waals surface area (Å²) in [6.07, 6.45) is 1.59. The molecule has 1 aromatic heterocycles. The lowest BCUT2D eigenvalue weighted by Gasteiger charge is -2.11. The van der Waals surface area contributed by atoms with Crippen LogP contribution < -0.4 is 16.6 Å². The predicted molar refractivity (Wildman–Crippen MR) is 114 cm³/mol. The van der Waals surface area contributed by atoms with Crippen molar-refractivity contribution in [3.63, 3.8) is 0 Å². The van der Waals surface area contributed by atoms with Crippen molar-refractivity contribution in [1.29, 1.82) is 0 Å². The molecule has 0 bridgehead atoms. The quantitative estimate of drug-likeness (QED) is 0.344. The Morgan fingerprint density at radius 1 is 1.10 bits per heavy atom. The molecule has 158 valence electrons. The van der Waals surface area contributed by atoms with Crippen LogP contribution in [0.15, 0.2) is 59.6 Å². The zero-order valence-corrected chi connectivity index (χ0v) is 16.9. The molecule has 0 aliphatic rings. The van der Waals surface area contributed by atoms with Crippen LogP contribution in [0.4, 0.5) is 5.69 Å². The number of sulfonamides is 1. The molecule has 1 amide bonds. The summed E-state index contributed by atoms with van der Waals surface area (Å²) in [5.74, 6) is 3.91. The third-order valence-corrected chi connectivity index (χ3v) is 5.40. The highest BCUT2D eigenvalue weighted by molar-refractivity contribution is 7.89. The molecule has 0 aliphatic carbocycles. The molecule has 7 N–H and O–H groups in total. The zero-order valence-electron chi connectivity index (χ0n) is 16.1. The second-order valence-corrected chi connectivity index (χ2v) is 8.11. The molecule has 2 aromatic carbocycles. The summed E-state index contributed by atoms with van der Waals surface area (Å²) in [5.41, 5.74) is 13.2. The molecular formula is C21H18N4O5S. The third-order valence-electron chi connectivity index (χ3n) is 4.47. The minimum atomic E-state index is -3.86. The molecule has 0 radical (unpaired) electrons. The highest BCUT2D eigenvalue weighted by Crippen LogP contribution is 2.30. The van der Waals surface area contributed by atoms with E-state index >= 15 is 0 Å². The molecule has 10 heteroatoms. The van der Waals surface area contributed by atoms with Crippen molar-refractivity contribution >= 4 is 27.6 Å². The van der Waals surface area contributed by atoms with E-state index in [9.17, 15) is 18.0 Å². The van der Waals surface area contributed by atoms with Crippen LogP contribution in [0.3, 0.4) is 0 Å². The summed E-state index contributed by atoms with van der Waals surface area (Å²) < 4.78 is 24.4. The van der Waals surface area contributed by atoms with Crippen LogP contribution in [-0.2, 0) is 16.6 Å². The summed E-state index contributed by atoms with van der Waals surface area (Å²) in [6, 6.07) is 11.8. The van der Waals surface area contributed by atoms with E-state index in [1.807, 2.05) is 0 Å². The van der Waals surface area contributed by atoms with E-state index in [0.717, 1.165) is 0 Å². The molecule has 0 aliphatic heterocycles. The number of carbonyl (C=O) groups is 2. The van der Waals surface area contributed by atoms with Crippen LogP contribution >= 0.6 is 0 Å². The van der Waals surface area contributed by atoms with Gasteiger partial charge in [-0.3, -0.25) is 4.79 Å². The van der Waals surface area contributed by atoms with E-state index in [0.29, 0.717) is 16.7 Å². The standard InChI is InChI=1S/C21H18N4O5S/c22-19-16(14-5-7-15(8-6-14)31(24,29)30)11-13(12-17(19)20(23)26)3-1-9-25-10-2-4-18(25)21(27)28/h2,4-8,10-12H,9,22H2,(H2,23,26)(H,27,28)(H2,24,29,30). The maximum atomic E-state index is 11.9. The van der Waals surface area contributed by atoms with Crippen LogP contribution in [-0.4, -0.2) is 30.0 Å². The molecule has 3 rings (SSSR count). The van der Waals surface area contributed by atoms with Gasteiger partial charge in [0.2, 0.25) is 10.0 Å². The van der Waals surface area contributed by atoms with Crippen LogP contribution in [0.25, 0.3) is 11.1 Å². The summed E-state index contributed by atoms with van der Waals surface area (Å²) >= 11 is 0. The largest absolute Gasteiger partial charge is 0.477 e. The molecule has 9 nitrogen and oxygen atoms in total. The molecule has 0 unspecified atom stereocenters. The maximum Gasteiger partial charge on any atom is 0.352 e. The van der Waals surface area contributed by atoms with E-state index in [2.05, 4.69) is 11.8 Å². The van der Waals surface area contributed by atoms with Crippen molar-refractivity contribution in [2.75, 3.05) is 5.73 Å². The van der Waals surface area contributed by atoms with Crippen molar-refractivity contribution in [3.05, 3.63) is 71.5 Å². The Bertz CT molecular complexity index is 1350. The summed E-state index contributed by atoms with van der Waals surface area (Å²) in [5, 5.41) is 14.3. The van der Waals surface area contributed by atoms with Crippen LogP contribution in [0.1, 0.15) is 26.4 Å². The molecule has 0 fully saturated rings. The number of nitrogen functional groups attached to an aromatic ring is 1. The minimum Gasteiger partial charge on any atom is -0.477 e. The number of nitrogens with two attached hydrogens (primary N) is 3. The number of carbonyl (C=O) groups excluding carboxylic acids is 1. The fraction of sp³-hybridized carbons (Fsp3) is 0.0476. The Morgan fingerprint density at radius 2 is 1.77 bits per heavy atom. The first-order valence-electron chi connectivity index (χ1n) is 8.82. The second kappa shape index (κ2) is 8.35. The van der Waals surface area contributed by atoms with Gasteiger partial charge in [-0.25, -0.2) is 18.4 Å². The molecule has 0 spiro atoms. The molecule has 1 heterocycles. The summed E-state index contributed by atoms with van der Waals surface area (Å²) in [6.45, 7) is 0.114. The topological polar surface area (TPSA) is 172 Å². The number of rotatable bonds is 5. The number of aromatic carboxylic acids is 1. The van der Waals surface area contributed by atoms with Gasteiger partial charge in [-0.05, 0) is 42.0 Å². The first kappa shape index (κ1) is 21.6. The number of carboxylic acids is 1. The van der Waals surface area contributed by atoms with Gasteiger partial charge >= 0.3 is 5.97 Å². The van der Waals surface area contributed by atoms with E-state index in [4.69, 9.17) is 21.7 Å². The number of aromatic nitrogens is 1. The van der Waals surface area contributed by atoms with Gasteiger partial charge in [0.1, 0.15) is 5.69 Å². The number of anilines is 1.